The van der Waals surface area contributed by atoms with E-state index in [0.717, 1.165) is 11.3 Å². The van der Waals surface area contributed by atoms with Crippen LogP contribution < -0.4 is 10.6 Å². The number of benzene rings is 1. The Kier molecular flexibility index (Phi) is 5.32. The number of hydrogen-bond acceptors (Lipinski definition) is 4. The highest BCUT2D eigenvalue weighted by Gasteiger charge is 2.33. The Balaban J connectivity index is 2.10. The van der Waals surface area contributed by atoms with Crippen LogP contribution in [0.4, 0.5) is 5.69 Å². The van der Waals surface area contributed by atoms with Crippen molar-refractivity contribution < 1.29 is 14.3 Å². The molecule has 0 radical (unpaired) electrons. The van der Waals surface area contributed by atoms with Crippen molar-refractivity contribution in [1.82, 2.24) is 10.2 Å². The molecule has 2 rings (SSSR count). The van der Waals surface area contributed by atoms with Gasteiger partial charge in [-0.05, 0) is 36.8 Å². The molecule has 1 aliphatic rings. The van der Waals surface area contributed by atoms with Crippen molar-refractivity contribution in [2.75, 3.05) is 25.5 Å². The third-order valence-electron chi connectivity index (χ3n) is 3.45. The van der Waals surface area contributed by atoms with Gasteiger partial charge in [-0.15, -0.1) is 0 Å². The van der Waals surface area contributed by atoms with Gasteiger partial charge in [-0.3, -0.25) is 9.59 Å². The van der Waals surface area contributed by atoms with Crippen molar-refractivity contribution in [3.63, 3.8) is 0 Å². The number of methoxy groups -OCH3 is 1. The molecule has 0 aliphatic carbocycles. The molecule has 2 N–H and O–H groups in total. The first-order valence-electron chi connectivity index (χ1n) is 7.00. The molecule has 1 fully saturated rings. The highest BCUT2D eigenvalue weighted by molar-refractivity contribution is 7.80. The van der Waals surface area contributed by atoms with Gasteiger partial charge in [0.05, 0.1) is 13.5 Å². The van der Waals surface area contributed by atoms with E-state index < -0.39 is 12.0 Å². The molecule has 0 aromatic heterocycles. The van der Waals surface area contributed by atoms with E-state index in [1.807, 2.05) is 31.2 Å². The number of esters is 1. The molecule has 0 bridgehead atoms. The number of nitrogens with one attached hydrogen (secondary N) is 2. The van der Waals surface area contributed by atoms with Crippen LogP contribution in [0.3, 0.4) is 0 Å². The minimum absolute atomic E-state index is 0.0298. The van der Waals surface area contributed by atoms with Gasteiger partial charge >= 0.3 is 5.97 Å². The van der Waals surface area contributed by atoms with Gasteiger partial charge in [-0.1, -0.05) is 12.1 Å². The number of ether oxygens (including phenoxy) is 1. The van der Waals surface area contributed by atoms with Crippen molar-refractivity contribution in [2.45, 2.75) is 19.4 Å². The summed E-state index contributed by atoms with van der Waals surface area (Å²) in [6, 6.07) is 7.13. The standard InChI is InChI=1S/C15H19N3O3S/c1-10-4-3-5-11(8-10)17-15(22)18-7-6-16-14(20)12(18)9-13(19)21-2/h3-5,8,12H,6-7,9H2,1-2H3,(H,16,20)(H,17,22)/t12-/m1/s1. The first kappa shape index (κ1) is 16.2. The summed E-state index contributed by atoms with van der Waals surface area (Å²) in [4.78, 5) is 25.3. The fraction of sp³-hybridized carbons (Fsp3) is 0.400. The number of aryl methyl sites for hydroxylation is 1. The molecule has 1 aromatic carbocycles. The van der Waals surface area contributed by atoms with Gasteiger partial charge in [0.2, 0.25) is 5.91 Å². The van der Waals surface area contributed by atoms with E-state index in [1.54, 1.807) is 4.90 Å². The molecular formula is C15H19N3O3S. The van der Waals surface area contributed by atoms with Crippen molar-refractivity contribution in [1.29, 1.82) is 0 Å². The fourth-order valence-electron chi connectivity index (χ4n) is 2.32. The number of amides is 1. The molecule has 1 atom stereocenters. The number of anilines is 1. The average Bonchev–Trinajstić information content (AvgIpc) is 2.49. The van der Waals surface area contributed by atoms with E-state index in [-0.39, 0.29) is 12.3 Å². The molecule has 118 valence electrons. The molecule has 1 amide bonds. The number of carbonyl (C=O) groups excluding carboxylic acids is 2. The molecular weight excluding hydrogens is 302 g/mol. The number of carbonyl (C=O) groups is 2. The third kappa shape index (κ3) is 3.94. The van der Waals surface area contributed by atoms with Crippen LogP contribution in [-0.2, 0) is 14.3 Å². The molecule has 7 heteroatoms. The van der Waals surface area contributed by atoms with E-state index in [2.05, 4.69) is 15.4 Å². The van der Waals surface area contributed by atoms with Crippen LogP contribution in [0.1, 0.15) is 12.0 Å². The maximum Gasteiger partial charge on any atom is 0.308 e. The zero-order chi connectivity index (χ0) is 16.1. The van der Waals surface area contributed by atoms with Crippen molar-refractivity contribution in [2.24, 2.45) is 0 Å². The Morgan fingerprint density at radius 1 is 1.55 bits per heavy atom. The van der Waals surface area contributed by atoms with Crippen LogP contribution >= 0.6 is 12.2 Å². The summed E-state index contributed by atoms with van der Waals surface area (Å²) in [6.07, 6.45) is -0.0298. The van der Waals surface area contributed by atoms with Crippen LogP contribution in [0.5, 0.6) is 0 Å². The molecule has 6 nitrogen and oxygen atoms in total. The van der Waals surface area contributed by atoms with Crippen LogP contribution in [0.2, 0.25) is 0 Å². The Bertz CT molecular complexity index is 591. The SMILES string of the molecule is COC(=O)C[C@@H]1C(=O)NCCN1C(=S)Nc1cccc(C)c1. The van der Waals surface area contributed by atoms with E-state index in [9.17, 15) is 9.59 Å². The fourth-order valence-corrected chi connectivity index (χ4v) is 2.66. The van der Waals surface area contributed by atoms with Crippen LogP contribution in [0.15, 0.2) is 24.3 Å². The summed E-state index contributed by atoms with van der Waals surface area (Å²) in [5.74, 6) is -0.657. The van der Waals surface area contributed by atoms with Gasteiger partial charge in [0.15, 0.2) is 5.11 Å². The van der Waals surface area contributed by atoms with Gasteiger partial charge in [-0.25, -0.2) is 0 Å². The third-order valence-corrected chi connectivity index (χ3v) is 3.79. The van der Waals surface area contributed by atoms with Crippen molar-refractivity contribution in [3.05, 3.63) is 29.8 Å². The normalized spacial score (nSPS) is 17.6. The van der Waals surface area contributed by atoms with E-state index >= 15 is 0 Å². The maximum atomic E-state index is 12.0. The number of hydrogen-bond donors (Lipinski definition) is 2. The second-order valence-electron chi connectivity index (χ2n) is 5.08. The summed E-state index contributed by atoms with van der Waals surface area (Å²) in [7, 11) is 1.30. The lowest BCUT2D eigenvalue weighted by atomic mass is 10.1. The van der Waals surface area contributed by atoms with E-state index in [0.29, 0.717) is 18.2 Å². The molecule has 1 saturated heterocycles. The van der Waals surface area contributed by atoms with Crippen LogP contribution in [0.25, 0.3) is 0 Å². The highest BCUT2D eigenvalue weighted by Crippen LogP contribution is 2.15. The number of rotatable bonds is 3. The van der Waals surface area contributed by atoms with Crippen molar-refractivity contribution >= 4 is 34.9 Å². The zero-order valence-electron chi connectivity index (χ0n) is 12.6. The summed E-state index contributed by atoms with van der Waals surface area (Å²) in [5, 5.41) is 6.29. The Morgan fingerprint density at radius 3 is 3.00 bits per heavy atom. The molecule has 1 heterocycles. The Morgan fingerprint density at radius 2 is 2.32 bits per heavy atom. The molecule has 0 spiro atoms. The first-order chi connectivity index (χ1) is 10.5. The largest absolute Gasteiger partial charge is 0.469 e. The number of thiocarbonyl (C=S) groups is 1. The topological polar surface area (TPSA) is 70.7 Å². The maximum absolute atomic E-state index is 12.0. The number of piperazine rings is 1. The predicted molar refractivity (Wildman–Crippen MR) is 87.5 cm³/mol. The minimum Gasteiger partial charge on any atom is -0.469 e. The second kappa shape index (κ2) is 7.22. The number of nitrogens with zero attached hydrogens (tertiary/aromatic N) is 1. The van der Waals surface area contributed by atoms with Crippen LogP contribution in [-0.4, -0.2) is 48.1 Å². The summed E-state index contributed by atoms with van der Waals surface area (Å²) in [5.41, 5.74) is 1.96. The van der Waals surface area contributed by atoms with Gasteiger partial charge in [0.25, 0.3) is 0 Å². The Hall–Kier alpha value is -2.15. The van der Waals surface area contributed by atoms with E-state index in [4.69, 9.17) is 12.2 Å². The lowest BCUT2D eigenvalue weighted by Gasteiger charge is -2.36. The summed E-state index contributed by atoms with van der Waals surface area (Å²) >= 11 is 5.40. The molecule has 0 saturated carbocycles. The van der Waals surface area contributed by atoms with Crippen molar-refractivity contribution in [3.8, 4) is 0 Å². The lowest BCUT2D eigenvalue weighted by Crippen LogP contribution is -2.58. The van der Waals surface area contributed by atoms with Gasteiger partial charge < -0.3 is 20.3 Å². The summed E-state index contributed by atoms with van der Waals surface area (Å²) in [6.45, 7) is 3.03. The van der Waals surface area contributed by atoms with Gasteiger partial charge in [0.1, 0.15) is 6.04 Å². The van der Waals surface area contributed by atoms with Crippen LogP contribution in [0, 0.1) is 6.92 Å². The minimum atomic E-state index is -0.647. The first-order valence-corrected chi connectivity index (χ1v) is 7.41. The molecule has 1 aliphatic heterocycles. The Labute approximate surface area is 134 Å². The second-order valence-corrected chi connectivity index (χ2v) is 5.47. The van der Waals surface area contributed by atoms with Gasteiger partial charge in [0, 0.05) is 18.8 Å². The smallest absolute Gasteiger partial charge is 0.308 e. The predicted octanol–water partition coefficient (Wildman–Crippen LogP) is 1.06. The van der Waals surface area contributed by atoms with Gasteiger partial charge in [-0.2, -0.15) is 0 Å². The zero-order valence-corrected chi connectivity index (χ0v) is 13.4. The summed E-state index contributed by atoms with van der Waals surface area (Å²) < 4.78 is 4.65. The lowest BCUT2D eigenvalue weighted by molar-refractivity contribution is -0.144. The molecule has 0 unspecified atom stereocenters. The average molecular weight is 321 g/mol. The monoisotopic (exact) mass is 321 g/mol. The molecule has 22 heavy (non-hydrogen) atoms. The molecule has 1 aromatic rings. The van der Waals surface area contributed by atoms with E-state index in [1.165, 1.54) is 7.11 Å². The highest BCUT2D eigenvalue weighted by atomic mass is 32.1. The quantitative estimate of drug-likeness (QED) is 0.641.